The fraction of sp³-hybridized carbons (Fsp3) is 0.458. The Labute approximate surface area is 199 Å². The number of morpholine rings is 1. The molecule has 1 fully saturated rings. The molecule has 4 rings (SSSR count). The highest BCUT2D eigenvalue weighted by atomic mass is 32.2. The lowest BCUT2D eigenvalue weighted by atomic mass is 10.1. The Bertz CT molecular complexity index is 1110. The van der Waals surface area contributed by atoms with E-state index in [9.17, 15) is 13.2 Å². The molecule has 178 valence electrons. The monoisotopic (exact) mass is 490 g/mol. The Hall–Kier alpha value is -2.07. The Morgan fingerprint density at radius 2 is 1.88 bits per heavy atom. The number of rotatable bonds is 8. The van der Waals surface area contributed by atoms with Crippen molar-refractivity contribution in [3.05, 3.63) is 47.5 Å². The number of fused-ring (bicyclic) bond motifs is 1. The molecular formula is C24H30N2O5S2. The van der Waals surface area contributed by atoms with E-state index in [0.29, 0.717) is 37.7 Å². The van der Waals surface area contributed by atoms with Crippen LogP contribution in [0.2, 0.25) is 0 Å². The van der Waals surface area contributed by atoms with Crippen LogP contribution in [-0.4, -0.2) is 56.8 Å². The molecule has 7 nitrogen and oxygen atoms in total. The molecule has 0 atom stereocenters. The summed E-state index contributed by atoms with van der Waals surface area (Å²) in [5.41, 5.74) is 3.13. The molecule has 1 N–H and O–H groups in total. The lowest BCUT2D eigenvalue weighted by Gasteiger charge is -2.26. The first-order valence-corrected chi connectivity index (χ1v) is 13.7. The number of nitrogens with one attached hydrogen (secondary N) is 1. The zero-order valence-corrected chi connectivity index (χ0v) is 20.6. The molecule has 0 unspecified atom stereocenters. The quantitative estimate of drug-likeness (QED) is 0.568. The molecule has 0 radical (unpaired) electrons. The predicted molar refractivity (Wildman–Crippen MR) is 130 cm³/mol. The molecule has 2 aromatic rings. The van der Waals surface area contributed by atoms with Crippen molar-refractivity contribution in [1.29, 1.82) is 0 Å². The molecule has 0 bridgehead atoms. The molecule has 1 saturated heterocycles. The van der Waals surface area contributed by atoms with Crippen LogP contribution >= 0.6 is 11.8 Å². The third kappa shape index (κ3) is 5.90. The Morgan fingerprint density at radius 3 is 2.64 bits per heavy atom. The number of nitrogens with zero attached hydrogens (tertiary/aromatic N) is 1. The smallest absolute Gasteiger partial charge is 0.243 e. The van der Waals surface area contributed by atoms with Crippen molar-refractivity contribution in [2.45, 2.75) is 49.0 Å². The summed E-state index contributed by atoms with van der Waals surface area (Å²) in [5, 5.41) is 2.86. The van der Waals surface area contributed by atoms with E-state index in [0.717, 1.165) is 17.7 Å². The zero-order chi connectivity index (χ0) is 23.4. The average Bonchev–Trinajstić information content (AvgIpc) is 3.27. The fourth-order valence-corrected chi connectivity index (χ4v) is 6.23. The number of anilines is 1. The van der Waals surface area contributed by atoms with Gasteiger partial charge in [0.05, 0.1) is 35.7 Å². The molecule has 1 heterocycles. The molecule has 1 amide bonds. The van der Waals surface area contributed by atoms with Crippen molar-refractivity contribution in [1.82, 2.24) is 4.31 Å². The molecule has 2 aromatic carbocycles. The minimum absolute atomic E-state index is 0.122. The van der Waals surface area contributed by atoms with Gasteiger partial charge >= 0.3 is 0 Å². The number of thioether (sulfide) groups is 1. The van der Waals surface area contributed by atoms with Gasteiger partial charge in [0, 0.05) is 18.0 Å². The van der Waals surface area contributed by atoms with Gasteiger partial charge in [-0.05, 0) is 74.6 Å². The molecule has 33 heavy (non-hydrogen) atoms. The molecule has 1 aliphatic carbocycles. The second kappa shape index (κ2) is 10.5. The topological polar surface area (TPSA) is 84.9 Å². The van der Waals surface area contributed by atoms with Crippen molar-refractivity contribution in [2.75, 3.05) is 37.4 Å². The van der Waals surface area contributed by atoms with Crippen molar-refractivity contribution in [2.24, 2.45) is 0 Å². The Morgan fingerprint density at radius 1 is 1.12 bits per heavy atom. The number of carbonyl (C=O) groups is 1. The van der Waals surface area contributed by atoms with Crippen LogP contribution < -0.4 is 10.1 Å². The second-order valence-corrected chi connectivity index (χ2v) is 11.4. The number of hydrogen-bond donors (Lipinski definition) is 1. The van der Waals surface area contributed by atoms with Gasteiger partial charge in [-0.15, -0.1) is 11.8 Å². The minimum Gasteiger partial charge on any atom is -0.489 e. The van der Waals surface area contributed by atoms with Gasteiger partial charge in [-0.3, -0.25) is 4.79 Å². The molecule has 1 aliphatic heterocycles. The van der Waals surface area contributed by atoms with Crippen LogP contribution in [0.3, 0.4) is 0 Å². The molecule has 0 aromatic heterocycles. The largest absolute Gasteiger partial charge is 0.489 e. The van der Waals surface area contributed by atoms with Crippen LogP contribution in [0.4, 0.5) is 5.69 Å². The lowest BCUT2D eigenvalue weighted by Crippen LogP contribution is -2.40. The van der Waals surface area contributed by atoms with Gasteiger partial charge in [-0.25, -0.2) is 8.42 Å². The maximum Gasteiger partial charge on any atom is 0.243 e. The van der Waals surface area contributed by atoms with Gasteiger partial charge in [-0.1, -0.05) is 6.07 Å². The van der Waals surface area contributed by atoms with E-state index in [1.807, 2.05) is 13.8 Å². The molecule has 0 saturated carbocycles. The summed E-state index contributed by atoms with van der Waals surface area (Å²) in [6.45, 7) is 5.13. The third-order valence-corrected chi connectivity index (χ3v) is 8.52. The highest BCUT2D eigenvalue weighted by molar-refractivity contribution is 8.00. The fourth-order valence-electron chi connectivity index (χ4n) is 4.03. The SMILES string of the molecule is CC(C)Oc1ccc(S(=O)(=O)N2CCOCC2)cc1NC(=O)CSc1ccc2c(c1)CCC2. The number of aryl methyl sites for hydroxylation is 2. The van der Waals surface area contributed by atoms with Crippen LogP contribution in [0.15, 0.2) is 46.2 Å². The maximum absolute atomic E-state index is 13.1. The second-order valence-electron chi connectivity index (χ2n) is 8.46. The van der Waals surface area contributed by atoms with Gasteiger partial charge in [0.1, 0.15) is 5.75 Å². The summed E-state index contributed by atoms with van der Waals surface area (Å²) in [6.07, 6.45) is 3.29. The van der Waals surface area contributed by atoms with Gasteiger partial charge in [0.2, 0.25) is 15.9 Å². The van der Waals surface area contributed by atoms with E-state index in [4.69, 9.17) is 9.47 Å². The Balaban J connectivity index is 1.49. The molecular weight excluding hydrogens is 460 g/mol. The number of sulfonamides is 1. The average molecular weight is 491 g/mol. The molecule has 9 heteroatoms. The van der Waals surface area contributed by atoms with Crippen LogP contribution in [0.5, 0.6) is 5.75 Å². The zero-order valence-electron chi connectivity index (χ0n) is 19.0. The normalized spacial score (nSPS) is 16.6. The predicted octanol–water partition coefficient (Wildman–Crippen LogP) is 3.71. The van der Waals surface area contributed by atoms with E-state index >= 15 is 0 Å². The Kier molecular flexibility index (Phi) is 7.63. The summed E-state index contributed by atoms with van der Waals surface area (Å²) < 4.78 is 38.7. The first-order chi connectivity index (χ1) is 15.8. The number of amides is 1. The van der Waals surface area contributed by atoms with Gasteiger partial charge < -0.3 is 14.8 Å². The van der Waals surface area contributed by atoms with E-state index in [2.05, 4.69) is 23.5 Å². The van der Waals surface area contributed by atoms with E-state index in [1.165, 1.54) is 45.7 Å². The van der Waals surface area contributed by atoms with Crippen molar-refractivity contribution < 1.29 is 22.7 Å². The standard InChI is InChI=1S/C24H30N2O5S2/c1-17(2)31-23-9-8-21(33(28,29)26-10-12-30-13-11-26)15-22(23)25-24(27)16-32-20-7-6-18-4-3-5-19(18)14-20/h6-9,14-15,17H,3-5,10-13,16H2,1-2H3,(H,25,27). The number of carbonyl (C=O) groups excluding carboxylic acids is 1. The summed E-state index contributed by atoms with van der Waals surface area (Å²) >= 11 is 1.47. The molecule has 0 spiro atoms. The first-order valence-electron chi connectivity index (χ1n) is 11.3. The van der Waals surface area contributed by atoms with E-state index in [1.54, 1.807) is 6.07 Å². The highest BCUT2D eigenvalue weighted by Gasteiger charge is 2.27. The van der Waals surface area contributed by atoms with Crippen molar-refractivity contribution in [3.8, 4) is 5.75 Å². The molecule has 2 aliphatic rings. The maximum atomic E-state index is 13.1. The summed E-state index contributed by atoms with van der Waals surface area (Å²) in [6, 6.07) is 11.0. The van der Waals surface area contributed by atoms with Gasteiger partial charge in [-0.2, -0.15) is 4.31 Å². The summed E-state index contributed by atoms with van der Waals surface area (Å²) in [5.74, 6) is 0.456. The number of benzene rings is 2. The lowest BCUT2D eigenvalue weighted by molar-refractivity contribution is -0.113. The van der Waals surface area contributed by atoms with Crippen molar-refractivity contribution in [3.63, 3.8) is 0 Å². The van der Waals surface area contributed by atoms with Crippen LogP contribution in [-0.2, 0) is 32.4 Å². The van der Waals surface area contributed by atoms with Crippen LogP contribution in [0.25, 0.3) is 0 Å². The van der Waals surface area contributed by atoms with Crippen molar-refractivity contribution >= 4 is 33.4 Å². The van der Waals surface area contributed by atoms with Crippen LogP contribution in [0, 0.1) is 0 Å². The number of hydrogen-bond acceptors (Lipinski definition) is 6. The highest BCUT2D eigenvalue weighted by Crippen LogP contribution is 2.31. The first kappa shape index (κ1) is 24.1. The van der Waals surface area contributed by atoms with E-state index < -0.39 is 10.0 Å². The summed E-state index contributed by atoms with van der Waals surface area (Å²) in [7, 11) is -3.69. The minimum atomic E-state index is -3.69. The summed E-state index contributed by atoms with van der Waals surface area (Å²) in [4.78, 5) is 13.9. The van der Waals surface area contributed by atoms with Crippen LogP contribution in [0.1, 0.15) is 31.4 Å². The number of ether oxygens (including phenoxy) is 2. The van der Waals surface area contributed by atoms with Gasteiger partial charge in [0.15, 0.2) is 0 Å². The van der Waals surface area contributed by atoms with Gasteiger partial charge in [0.25, 0.3) is 0 Å². The third-order valence-electron chi connectivity index (χ3n) is 5.64. The van der Waals surface area contributed by atoms with E-state index in [-0.39, 0.29) is 22.7 Å².